The topological polar surface area (TPSA) is 78.4 Å². The molecule has 4 aliphatic rings. The molecule has 0 radical (unpaired) electrons. The van der Waals surface area contributed by atoms with Gasteiger partial charge in [0.2, 0.25) is 5.95 Å². The molecule has 6 nitrogen and oxygen atoms in total. The lowest BCUT2D eigenvalue weighted by molar-refractivity contribution is 0.143. The molecule has 0 saturated heterocycles. The van der Waals surface area contributed by atoms with Gasteiger partial charge in [-0.2, -0.15) is 4.98 Å². The first-order chi connectivity index (χ1) is 14.6. The Morgan fingerprint density at radius 2 is 2.07 bits per heavy atom. The van der Waals surface area contributed by atoms with E-state index < -0.39 is 10.8 Å². The lowest BCUT2D eigenvalue weighted by atomic mass is 9.77. The normalized spacial score (nSPS) is 24.2. The van der Waals surface area contributed by atoms with E-state index in [1.165, 1.54) is 29.5 Å². The number of fused-ring (bicyclic) bond motifs is 2. The number of nitrogens with one attached hydrogen (secondary N) is 1. The van der Waals surface area contributed by atoms with Crippen molar-refractivity contribution in [3.8, 4) is 0 Å². The molecule has 2 fully saturated rings. The Kier molecular flexibility index (Phi) is 4.39. The average Bonchev–Trinajstić information content (AvgIpc) is 3.53. The smallest absolute Gasteiger partial charge is 0.227 e. The SMILES string of the molecule is O=[S@]1CCc2nc(N3CCc4cc(C5CC5)ccc4C3)nc(NC3(CO)CCC3)c21. The molecule has 1 aromatic heterocycles. The fraction of sp³-hybridized carbons (Fsp3) is 0.565. The van der Waals surface area contributed by atoms with Gasteiger partial charge in [-0.3, -0.25) is 4.21 Å². The molecule has 0 bridgehead atoms. The maximum absolute atomic E-state index is 12.6. The van der Waals surface area contributed by atoms with Gasteiger partial charge in [-0.05, 0) is 61.1 Å². The number of aryl methyl sites for hydroxylation is 1. The second-order valence-corrected chi connectivity index (χ2v) is 10.8. The molecule has 6 rings (SSSR count). The lowest BCUT2D eigenvalue weighted by Crippen LogP contribution is -2.48. The quantitative estimate of drug-likeness (QED) is 0.769. The van der Waals surface area contributed by atoms with E-state index >= 15 is 0 Å². The molecule has 2 N–H and O–H groups in total. The van der Waals surface area contributed by atoms with Crippen LogP contribution in [-0.2, 0) is 30.2 Å². The second kappa shape index (κ2) is 7.02. The maximum atomic E-state index is 12.6. The maximum Gasteiger partial charge on any atom is 0.227 e. The van der Waals surface area contributed by atoms with E-state index in [0.29, 0.717) is 11.6 Å². The van der Waals surface area contributed by atoms with Crippen LogP contribution in [0.5, 0.6) is 0 Å². The van der Waals surface area contributed by atoms with Gasteiger partial charge in [0, 0.05) is 25.3 Å². The van der Waals surface area contributed by atoms with E-state index in [9.17, 15) is 9.32 Å². The number of aromatic nitrogens is 2. The average molecular weight is 425 g/mol. The molecule has 1 atom stereocenters. The summed E-state index contributed by atoms with van der Waals surface area (Å²) in [5.41, 5.74) is 4.91. The summed E-state index contributed by atoms with van der Waals surface area (Å²) in [6, 6.07) is 6.98. The Hall–Kier alpha value is -1.99. The molecule has 2 saturated carbocycles. The van der Waals surface area contributed by atoms with Crippen LogP contribution in [0.15, 0.2) is 23.1 Å². The number of hydrogen-bond donors (Lipinski definition) is 2. The van der Waals surface area contributed by atoms with Gasteiger partial charge in [-0.15, -0.1) is 0 Å². The molecule has 0 amide bonds. The number of rotatable bonds is 5. The molecule has 0 unspecified atom stereocenters. The van der Waals surface area contributed by atoms with Gasteiger partial charge in [0.05, 0.1) is 28.6 Å². The zero-order valence-corrected chi connectivity index (χ0v) is 18.0. The summed E-state index contributed by atoms with van der Waals surface area (Å²) in [5.74, 6) is 2.79. The minimum absolute atomic E-state index is 0.0775. The van der Waals surface area contributed by atoms with E-state index in [0.717, 1.165) is 67.6 Å². The Morgan fingerprint density at radius 3 is 2.80 bits per heavy atom. The highest BCUT2D eigenvalue weighted by Crippen LogP contribution is 2.41. The zero-order chi connectivity index (χ0) is 20.3. The Balaban J connectivity index is 1.32. The predicted molar refractivity (Wildman–Crippen MR) is 117 cm³/mol. The van der Waals surface area contributed by atoms with E-state index in [-0.39, 0.29) is 12.1 Å². The van der Waals surface area contributed by atoms with Crippen LogP contribution in [0.3, 0.4) is 0 Å². The molecule has 3 heterocycles. The van der Waals surface area contributed by atoms with Gasteiger partial charge in [0.1, 0.15) is 10.7 Å². The largest absolute Gasteiger partial charge is 0.394 e. The van der Waals surface area contributed by atoms with Crippen LogP contribution < -0.4 is 10.2 Å². The minimum atomic E-state index is -1.06. The van der Waals surface area contributed by atoms with E-state index in [1.54, 1.807) is 0 Å². The lowest BCUT2D eigenvalue weighted by Gasteiger charge is -2.41. The highest BCUT2D eigenvalue weighted by molar-refractivity contribution is 7.85. The standard InChI is InChI=1S/C23H28N4O2S/c28-14-23(8-1-9-23)26-21-20-19(7-11-30(20)29)24-22(25-21)27-10-6-17-12-16(15-2-3-15)4-5-18(17)13-27/h4-5,12,15,28H,1-3,6-11,13-14H2,(H,24,25,26)/t30-/m0/s1. The van der Waals surface area contributed by atoms with Gasteiger partial charge in [0.15, 0.2) is 0 Å². The van der Waals surface area contributed by atoms with Crippen molar-refractivity contribution in [3.05, 3.63) is 40.6 Å². The molecule has 2 aromatic rings. The molecule has 158 valence electrons. The Morgan fingerprint density at radius 1 is 1.20 bits per heavy atom. The van der Waals surface area contributed by atoms with E-state index in [4.69, 9.17) is 9.97 Å². The molecule has 7 heteroatoms. The first kappa shape index (κ1) is 18.8. The summed E-state index contributed by atoms with van der Waals surface area (Å²) in [4.78, 5) is 12.7. The van der Waals surface area contributed by atoms with Crippen LogP contribution in [-0.4, -0.2) is 43.7 Å². The molecule has 30 heavy (non-hydrogen) atoms. The monoisotopic (exact) mass is 424 g/mol. The fourth-order valence-electron chi connectivity index (χ4n) is 5.00. The van der Waals surface area contributed by atoms with Crippen molar-refractivity contribution in [2.24, 2.45) is 0 Å². The Bertz CT molecular complexity index is 1030. The van der Waals surface area contributed by atoms with Gasteiger partial charge >= 0.3 is 0 Å². The molecule has 0 spiro atoms. The number of benzene rings is 1. The third-order valence-electron chi connectivity index (χ3n) is 7.25. The second-order valence-electron chi connectivity index (χ2n) is 9.34. The fourth-order valence-corrected chi connectivity index (χ4v) is 6.31. The molecule has 2 aliphatic carbocycles. The van der Waals surface area contributed by atoms with Crippen molar-refractivity contribution in [1.29, 1.82) is 0 Å². The Labute approximate surface area is 179 Å². The van der Waals surface area contributed by atoms with Gasteiger partial charge < -0.3 is 15.3 Å². The van der Waals surface area contributed by atoms with Crippen molar-refractivity contribution in [3.63, 3.8) is 0 Å². The molecule has 2 aliphatic heterocycles. The van der Waals surface area contributed by atoms with Crippen LogP contribution in [0, 0.1) is 0 Å². The first-order valence-electron chi connectivity index (χ1n) is 11.2. The number of hydrogen-bond acceptors (Lipinski definition) is 6. The highest BCUT2D eigenvalue weighted by Gasteiger charge is 2.39. The van der Waals surface area contributed by atoms with E-state index in [1.807, 2.05) is 0 Å². The third kappa shape index (κ3) is 3.14. The van der Waals surface area contributed by atoms with Crippen molar-refractivity contribution < 1.29 is 9.32 Å². The van der Waals surface area contributed by atoms with Crippen molar-refractivity contribution in [1.82, 2.24) is 9.97 Å². The highest BCUT2D eigenvalue weighted by atomic mass is 32.2. The van der Waals surface area contributed by atoms with Crippen molar-refractivity contribution in [2.75, 3.05) is 29.1 Å². The summed E-state index contributed by atoms with van der Waals surface area (Å²) in [7, 11) is -1.06. The summed E-state index contributed by atoms with van der Waals surface area (Å²) in [5, 5.41) is 13.4. The number of aliphatic hydroxyl groups excluding tert-OH is 1. The minimum Gasteiger partial charge on any atom is -0.394 e. The van der Waals surface area contributed by atoms with Crippen LogP contribution in [0.1, 0.15) is 60.4 Å². The summed E-state index contributed by atoms with van der Waals surface area (Å²) in [6.07, 6.45) is 7.34. The van der Waals surface area contributed by atoms with Crippen molar-refractivity contribution in [2.45, 2.75) is 67.8 Å². The van der Waals surface area contributed by atoms with Crippen LogP contribution >= 0.6 is 0 Å². The van der Waals surface area contributed by atoms with Gasteiger partial charge in [-0.25, -0.2) is 4.98 Å². The van der Waals surface area contributed by atoms with Crippen LogP contribution in [0.2, 0.25) is 0 Å². The predicted octanol–water partition coefficient (Wildman–Crippen LogP) is 2.91. The number of nitrogens with zero attached hydrogens (tertiary/aromatic N) is 3. The summed E-state index contributed by atoms with van der Waals surface area (Å²) >= 11 is 0. The van der Waals surface area contributed by atoms with Crippen LogP contribution in [0.4, 0.5) is 11.8 Å². The van der Waals surface area contributed by atoms with E-state index in [2.05, 4.69) is 28.4 Å². The number of anilines is 2. The number of aliphatic hydroxyl groups is 1. The van der Waals surface area contributed by atoms with Gasteiger partial charge in [0.25, 0.3) is 0 Å². The van der Waals surface area contributed by atoms with Crippen molar-refractivity contribution >= 4 is 22.6 Å². The zero-order valence-electron chi connectivity index (χ0n) is 17.2. The summed E-state index contributed by atoms with van der Waals surface area (Å²) in [6.45, 7) is 1.79. The first-order valence-corrected chi connectivity index (χ1v) is 12.5. The van der Waals surface area contributed by atoms with Crippen LogP contribution in [0.25, 0.3) is 0 Å². The molecule has 1 aromatic carbocycles. The summed E-state index contributed by atoms with van der Waals surface area (Å²) < 4.78 is 12.6. The third-order valence-corrected chi connectivity index (χ3v) is 8.71. The molecular weight excluding hydrogens is 396 g/mol. The van der Waals surface area contributed by atoms with Gasteiger partial charge in [-0.1, -0.05) is 18.2 Å². The molecular formula is C23H28N4O2S.